The molecule has 0 N–H and O–H groups in total. The first-order valence-corrected chi connectivity index (χ1v) is 14.7. The molecule has 0 aliphatic carbocycles. The first kappa shape index (κ1) is 30.3. The van der Waals surface area contributed by atoms with Crippen molar-refractivity contribution in [1.29, 1.82) is 0 Å². The van der Waals surface area contributed by atoms with Gasteiger partial charge in [0.15, 0.2) is 0 Å². The first-order chi connectivity index (χ1) is 19.6. The van der Waals surface area contributed by atoms with Crippen LogP contribution in [-0.2, 0) is 42.2 Å². The summed E-state index contributed by atoms with van der Waals surface area (Å²) in [4.78, 5) is 27.5. The SMILES string of the molecule is COCCCN1C(=O)/C(=C/c2ccc(CN(Cc3ccccc3)S(=O)(=O)c3ccc(Cl)cc3)o2)C(C(=O)OC)=C1C. The summed E-state index contributed by atoms with van der Waals surface area (Å²) in [6.07, 6.45) is 2.07. The van der Waals surface area contributed by atoms with Crippen molar-refractivity contribution in [3.05, 3.63) is 106 Å². The number of carbonyl (C=O) groups excluding carboxylic acids is 2. The minimum Gasteiger partial charge on any atom is -0.465 e. The molecule has 0 atom stereocenters. The van der Waals surface area contributed by atoms with E-state index in [2.05, 4.69) is 0 Å². The van der Waals surface area contributed by atoms with Gasteiger partial charge in [0.05, 0.1) is 29.7 Å². The van der Waals surface area contributed by atoms with Gasteiger partial charge in [-0.2, -0.15) is 4.31 Å². The van der Waals surface area contributed by atoms with Crippen LogP contribution in [0.15, 0.2) is 92.9 Å². The lowest BCUT2D eigenvalue weighted by Crippen LogP contribution is -2.30. The van der Waals surface area contributed by atoms with E-state index in [1.54, 1.807) is 26.2 Å². The number of esters is 1. The summed E-state index contributed by atoms with van der Waals surface area (Å²) in [7, 11) is -1.09. The molecule has 1 aromatic heterocycles. The van der Waals surface area contributed by atoms with Crippen molar-refractivity contribution in [2.24, 2.45) is 0 Å². The maximum atomic E-state index is 13.6. The average Bonchev–Trinajstić information content (AvgIpc) is 3.50. The molecule has 0 spiro atoms. The van der Waals surface area contributed by atoms with Crippen LogP contribution in [0, 0.1) is 0 Å². The van der Waals surface area contributed by atoms with E-state index in [9.17, 15) is 18.0 Å². The van der Waals surface area contributed by atoms with Gasteiger partial charge in [0.25, 0.3) is 5.91 Å². The molecule has 1 amide bonds. The fourth-order valence-electron chi connectivity index (χ4n) is 4.51. The molecule has 0 saturated carbocycles. The van der Waals surface area contributed by atoms with Crippen molar-refractivity contribution in [2.75, 3.05) is 27.4 Å². The number of allylic oxidation sites excluding steroid dienone is 1. The zero-order chi connectivity index (χ0) is 29.6. The van der Waals surface area contributed by atoms with E-state index in [-0.39, 0.29) is 35.0 Å². The lowest BCUT2D eigenvalue weighted by Gasteiger charge is -2.21. The number of nitrogens with zero attached hydrogens (tertiary/aromatic N) is 2. The fourth-order valence-corrected chi connectivity index (χ4v) is 6.03. The number of carbonyl (C=O) groups is 2. The number of methoxy groups -OCH3 is 2. The third kappa shape index (κ3) is 6.97. The monoisotopic (exact) mass is 598 g/mol. The van der Waals surface area contributed by atoms with Crippen LogP contribution >= 0.6 is 11.6 Å². The molecule has 11 heteroatoms. The first-order valence-electron chi connectivity index (χ1n) is 12.9. The van der Waals surface area contributed by atoms with Crippen LogP contribution < -0.4 is 0 Å². The Kier molecular flexibility index (Phi) is 9.82. The van der Waals surface area contributed by atoms with Crippen LogP contribution in [0.3, 0.4) is 0 Å². The third-order valence-electron chi connectivity index (χ3n) is 6.59. The van der Waals surface area contributed by atoms with E-state index >= 15 is 0 Å². The van der Waals surface area contributed by atoms with Crippen molar-refractivity contribution >= 4 is 39.6 Å². The van der Waals surface area contributed by atoms with E-state index < -0.39 is 16.0 Å². The summed E-state index contributed by atoms with van der Waals surface area (Å²) in [6.45, 7) is 2.56. The Bertz CT molecular complexity index is 1560. The van der Waals surface area contributed by atoms with Gasteiger partial charge in [-0.1, -0.05) is 41.9 Å². The van der Waals surface area contributed by atoms with Crippen LogP contribution in [0.1, 0.15) is 30.4 Å². The van der Waals surface area contributed by atoms with Gasteiger partial charge in [0, 0.05) is 37.5 Å². The lowest BCUT2D eigenvalue weighted by atomic mass is 10.1. The molecular formula is C30H31ClN2O7S. The maximum absolute atomic E-state index is 13.6. The molecule has 0 radical (unpaired) electrons. The Balaban J connectivity index is 1.64. The number of sulfonamides is 1. The van der Waals surface area contributed by atoms with Crippen molar-refractivity contribution in [2.45, 2.75) is 31.3 Å². The molecule has 2 aromatic carbocycles. The lowest BCUT2D eigenvalue weighted by molar-refractivity contribution is -0.136. The molecule has 0 fully saturated rings. The van der Waals surface area contributed by atoms with Gasteiger partial charge in [-0.05, 0) is 61.4 Å². The Morgan fingerprint density at radius 1 is 1.02 bits per heavy atom. The van der Waals surface area contributed by atoms with E-state index in [0.717, 1.165) is 5.56 Å². The van der Waals surface area contributed by atoms with Crippen molar-refractivity contribution in [1.82, 2.24) is 9.21 Å². The van der Waals surface area contributed by atoms with Gasteiger partial charge < -0.3 is 18.8 Å². The minimum atomic E-state index is -3.93. The average molecular weight is 599 g/mol. The quantitative estimate of drug-likeness (QED) is 0.163. The van der Waals surface area contributed by atoms with Gasteiger partial charge in [-0.15, -0.1) is 0 Å². The van der Waals surface area contributed by atoms with Gasteiger partial charge in [0.1, 0.15) is 11.5 Å². The normalized spacial score (nSPS) is 14.9. The zero-order valence-corrected chi connectivity index (χ0v) is 24.6. The van der Waals surface area contributed by atoms with Gasteiger partial charge in [0.2, 0.25) is 10.0 Å². The summed E-state index contributed by atoms with van der Waals surface area (Å²) >= 11 is 5.98. The van der Waals surface area contributed by atoms with Crippen molar-refractivity contribution in [3.63, 3.8) is 0 Å². The molecule has 4 rings (SSSR count). The molecule has 2 heterocycles. The van der Waals surface area contributed by atoms with Crippen LogP contribution in [0.5, 0.6) is 0 Å². The summed E-state index contributed by atoms with van der Waals surface area (Å²) < 4.78 is 44.6. The molecule has 216 valence electrons. The van der Waals surface area contributed by atoms with E-state index in [0.29, 0.717) is 41.8 Å². The second-order valence-corrected chi connectivity index (χ2v) is 11.7. The number of furan rings is 1. The molecule has 0 unspecified atom stereocenters. The van der Waals surface area contributed by atoms with Crippen LogP contribution in [0.2, 0.25) is 5.02 Å². The molecule has 1 aliphatic rings. The molecular weight excluding hydrogens is 568 g/mol. The molecule has 9 nitrogen and oxygen atoms in total. The zero-order valence-electron chi connectivity index (χ0n) is 23.0. The minimum absolute atomic E-state index is 0.0706. The smallest absolute Gasteiger partial charge is 0.340 e. The Hall–Kier alpha value is -3.70. The number of hydrogen-bond acceptors (Lipinski definition) is 7. The predicted octanol–water partition coefficient (Wildman–Crippen LogP) is 5.03. The van der Waals surface area contributed by atoms with E-state index in [4.69, 9.17) is 25.5 Å². The largest absolute Gasteiger partial charge is 0.465 e. The molecule has 41 heavy (non-hydrogen) atoms. The summed E-state index contributed by atoms with van der Waals surface area (Å²) in [5, 5.41) is 0.427. The Morgan fingerprint density at radius 3 is 2.39 bits per heavy atom. The fraction of sp³-hybridized carbons (Fsp3) is 0.267. The van der Waals surface area contributed by atoms with Gasteiger partial charge in [-0.3, -0.25) is 4.79 Å². The highest BCUT2D eigenvalue weighted by Crippen LogP contribution is 2.32. The van der Waals surface area contributed by atoms with E-state index in [1.807, 2.05) is 30.3 Å². The summed E-state index contributed by atoms with van der Waals surface area (Å²) in [5.41, 5.74) is 1.58. The number of ether oxygens (including phenoxy) is 2. The maximum Gasteiger partial charge on any atom is 0.340 e. The highest BCUT2D eigenvalue weighted by atomic mass is 35.5. The second-order valence-electron chi connectivity index (χ2n) is 9.33. The van der Waals surface area contributed by atoms with Crippen LogP contribution in [0.4, 0.5) is 0 Å². The Labute approximate surface area is 244 Å². The molecule has 3 aromatic rings. The second kappa shape index (κ2) is 13.3. The van der Waals surface area contributed by atoms with Crippen LogP contribution in [-0.4, -0.2) is 56.9 Å². The third-order valence-corrected chi connectivity index (χ3v) is 8.64. The summed E-state index contributed by atoms with van der Waals surface area (Å²) in [6, 6.07) is 18.5. The number of rotatable bonds is 12. The number of benzene rings is 2. The number of halogens is 1. The molecule has 0 saturated heterocycles. The number of hydrogen-bond donors (Lipinski definition) is 0. The highest BCUT2D eigenvalue weighted by molar-refractivity contribution is 7.89. The molecule has 1 aliphatic heterocycles. The van der Waals surface area contributed by atoms with Gasteiger partial charge >= 0.3 is 5.97 Å². The number of amides is 1. The van der Waals surface area contributed by atoms with Crippen LogP contribution in [0.25, 0.3) is 6.08 Å². The Morgan fingerprint density at radius 2 is 1.73 bits per heavy atom. The highest BCUT2D eigenvalue weighted by Gasteiger charge is 2.37. The topological polar surface area (TPSA) is 106 Å². The van der Waals surface area contributed by atoms with Gasteiger partial charge in [-0.25, -0.2) is 13.2 Å². The predicted molar refractivity (Wildman–Crippen MR) is 154 cm³/mol. The molecule has 0 bridgehead atoms. The van der Waals surface area contributed by atoms with Crippen molar-refractivity contribution in [3.8, 4) is 0 Å². The standard InChI is InChI=1S/C30H31ClN2O7S/c1-21-28(30(35)39-3)27(29(34)33(21)16-7-17-38-2)18-24-12-13-25(40-24)20-32(19-22-8-5-4-6-9-22)41(36,37)26-14-10-23(31)11-15-26/h4-6,8-15,18H,7,16-17,19-20H2,1-3H3/b27-18+. The van der Waals surface area contributed by atoms with Crippen molar-refractivity contribution < 1.29 is 31.9 Å². The van der Waals surface area contributed by atoms with E-state index in [1.165, 1.54) is 46.7 Å². The summed E-state index contributed by atoms with van der Waals surface area (Å²) in [5.74, 6) is -0.341.